The molecule has 0 aliphatic heterocycles. The van der Waals surface area contributed by atoms with E-state index >= 15 is 0 Å². The Balaban J connectivity index is 2.12. The van der Waals surface area contributed by atoms with Gasteiger partial charge in [0.15, 0.2) is 0 Å². The molecule has 1 aromatic carbocycles. The Hall–Kier alpha value is -1.77. The molecule has 0 spiro atoms. The van der Waals surface area contributed by atoms with Gasteiger partial charge in [0.2, 0.25) is 5.91 Å². The number of rotatable bonds is 11. The molecule has 0 radical (unpaired) electrons. The Bertz CT molecular complexity index is 412. The predicted octanol–water partition coefficient (Wildman–Crippen LogP) is 3.88. The first-order valence-corrected chi connectivity index (χ1v) is 7.88. The third-order valence-electron chi connectivity index (χ3n) is 3.32. The molecule has 0 heterocycles. The van der Waals surface area contributed by atoms with Gasteiger partial charge in [0, 0.05) is 6.54 Å². The van der Waals surface area contributed by atoms with Crippen molar-refractivity contribution in [2.24, 2.45) is 0 Å². The molecule has 0 saturated heterocycles. The van der Waals surface area contributed by atoms with Gasteiger partial charge >= 0.3 is 0 Å². The quantitative estimate of drug-likeness (QED) is 0.496. The minimum Gasteiger partial charge on any atom is -0.494 e. The van der Waals surface area contributed by atoms with Gasteiger partial charge in [-0.3, -0.25) is 4.79 Å². The summed E-state index contributed by atoms with van der Waals surface area (Å²) in [4.78, 5) is 10.9. The van der Waals surface area contributed by atoms with E-state index in [0.717, 1.165) is 25.0 Å². The van der Waals surface area contributed by atoms with Gasteiger partial charge in [0.05, 0.1) is 6.61 Å². The van der Waals surface area contributed by atoms with Gasteiger partial charge in [0.1, 0.15) is 5.75 Å². The summed E-state index contributed by atoms with van der Waals surface area (Å²) >= 11 is 0. The minimum atomic E-state index is -0.116. The highest BCUT2D eigenvalue weighted by molar-refractivity contribution is 5.86. The average molecular weight is 289 g/mol. The summed E-state index contributed by atoms with van der Waals surface area (Å²) in [6.07, 6.45) is 8.09. The summed E-state index contributed by atoms with van der Waals surface area (Å²) in [6, 6.07) is 8.38. The van der Waals surface area contributed by atoms with Crippen LogP contribution < -0.4 is 10.1 Å². The van der Waals surface area contributed by atoms with Gasteiger partial charge < -0.3 is 10.1 Å². The molecule has 1 aromatic rings. The lowest BCUT2D eigenvalue weighted by Crippen LogP contribution is -2.22. The first-order chi connectivity index (χ1) is 10.3. The van der Waals surface area contributed by atoms with Crippen molar-refractivity contribution in [2.75, 3.05) is 13.2 Å². The molecule has 0 aromatic heterocycles. The first kappa shape index (κ1) is 17.3. The number of carbonyl (C=O) groups is 1. The van der Waals surface area contributed by atoms with Crippen molar-refractivity contribution in [2.45, 2.75) is 45.4 Å². The lowest BCUT2D eigenvalue weighted by atomic mass is 10.1. The third-order valence-corrected chi connectivity index (χ3v) is 3.32. The molecular weight excluding hydrogens is 262 g/mol. The van der Waals surface area contributed by atoms with Gasteiger partial charge in [-0.2, -0.15) is 0 Å². The maximum atomic E-state index is 10.9. The van der Waals surface area contributed by atoms with Crippen LogP contribution in [0, 0.1) is 0 Å². The molecule has 0 atom stereocenters. The van der Waals surface area contributed by atoms with E-state index in [4.69, 9.17) is 4.74 Å². The Morgan fingerprint density at radius 3 is 2.62 bits per heavy atom. The standard InChI is InChI=1S/C18H27NO2/c1-3-5-6-9-16-10-12-17(13-11-16)21-15-8-7-14-19-18(20)4-2/h4,10-13H,2-3,5-9,14-15H2,1H3,(H,19,20). The molecule has 21 heavy (non-hydrogen) atoms. The number of unbranched alkanes of at least 4 members (excludes halogenated alkanes) is 3. The summed E-state index contributed by atoms with van der Waals surface area (Å²) in [5, 5.41) is 2.75. The Kier molecular flexibility index (Phi) is 9.01. The van der Waals surface area contributed by atoms with Gasteiger partial charge in [0.25, 0.3) is 0 Å². The Morgan fingerprint density at radius 2 is 1.95 bits per heavy atom. The molecule has 3 nitrogen and oxygen atoms in total. The second-order valence-corrected chi connectivity index (χ2v) is 5.15. The molecule has 3 heteroatoms. The minimum absolute atomic E-state index is 0.116. The lowest BCUT2D eigenvalue weighted by Gasteiger charge is -2.07. The van der Waals surface area contributed by atoms with Crippen molar-refractivity contribution in [3.8, 4) is 5.75 Å². The second kappa shape index (κ2) is 11.0. The van der Waals surface area contributed by atoms with Crippen molar-refractivity contribution in [1.29, 1.82) is 0 Å². The first-order valence-electron chi connectivity index (χ1n) is 7.88. The number of ether oxygens (including phenoxy) is 1. The Morgan fingerprint density at radius 1 is 1.19 bits per heavy atom. The molecule has 116 valence electrons. The van der Waals surface area contributed by atoms with Gasteiger partial charge in [-0.05, 0) is 49.5 Å². The molecule has 0 aliphatic carbocycles. The molecule has 1 N–H and O–H groups in total. The van der Waals surface area contributed by atoms with Crippen LogP contribution in [0.15, 0.2) is 36.9 Å². The summed E-state index contributed by atoms with van der Waals surface area (Å²) in [7, 11) is 0. The number of nitrogens with one attached hydrogen (secondary N) is 1. The molecule has 0 fully saturated rings. The average Bonchev–Trinajstić information content (AvgIpc) is 2.52. The van der Waals surface area contributed by atoms with Crippen LogP contribution in [-0.4, -0.2) is 19.1 Å². The van der Waals surface area contributed by atoms with Crippen molar-refractivity contribution in [3.05, 3.63) is 42.5 Å². The fraction of sp³-hybridized carbons (Fsp3) is 0.500. The normalized spacial score (nSPS) is 10.1. The summed E-state index contributed by atoms with van der Waals surface area (Å²) < 4.78 is 5.69. The molecule has 0 unspecified atom stereocenters. The van der Waals surface area contributed by atoms with Gasteiger partial charge in [-0.15, -0.1) is 0 Å². The molecule has 0 bridgehead atoms. The zero-order valence-corrected chi connectivity index (χ0v) is 13.1. The van der Waals surface area contributed by atoms with E-state index in [-0.39, 0.29) is 5.91 Å². The van der Waals surface area contributed by atoms with Gasteiger partial charge in [-0.1, -0.05) is 38.5 Å². The van der Waals surface area contributed by atoms with Crippen LogP contribution in [0.3, 0.4) is 0 Å². The number of carbonyl (C=O) groups excluding carboxylic acids is 1. The van der Waals surface area contributed by atoms with Crippen molar-refractivity contribution >= 4 is 5.91 Å². The lowest BCUT2D eigenvalue weighted by molar-refractivity contribution is -0.116. The van der Waals surface area contributed by atoms with Crippen LogP contribution in [0.4, 0.5) is 0 Å². The van der Waals surface area contributed by atoms with Crippen LogP contribution in [0.1, 0.15) is 44.6 Å². The van der Waals surface area contributed by atoms with E-state index in [1.54, 1.807) is 0 Å². The van der Waals surface area contributed by atoms with E-state index in [2.05, 4.69) is 31.0 Å². The summed E-state index contributed by atoms with van der Waals surface area (Å²) in [5.41, 5.74) is 1.38. The van der Waals surface area contributed by atoms with E-state index in [1.807, 2.05) is 12.1 Å². The molecular formula is C18H27NO2. The third kappa shape index (κ3) is 8.18. The highest BCUT2D eigenvalue weighted by Gasteiger charge is 1.97. The molecule has 1 amide bonds. The fourth-order valence-corrected chi connectivity index (χ4v) is 2.03. The van der Waals surface area contributed by atoms with Crippen LogP contribution in [0.25, 0.3) is 0 Å². The zero-order valence-electron chi connectivity index (χ0n) is 13.1. The second-order valence-electron chi connectivity index (χ2n) is 5.15. The number of hydrogen-bond donors (Lipinski definition) is 1. The molecule has 0 saturated carbocycles. The highest BCUT2D eigenvalue weighted by atomic mass is 16.5. The van der Waals surface area contributed by atoms with Crippen molar-refractivity contribution in [1.82, 2.24) is 5.32 Å². The maximum Gasteiger partial charge on any atom is 0.243 e. The van der Waals surface area contributed by atoms with Crippen molar-refractivity contribution in [3.63, 3.8) is 0 Å². The zero-order chi connectivity index (χ0) is 15.3. The topological polar surface area (TPSA) is 38.3 Å². The monoisotopic (exact) mass is 289 g/mol. The summed E-state index contributed by atoms with van der Waals surface area (Å²) in [5.74, 6) is 0.805. The fourth-order valence-electron chi connectivity index (χ4n) is 2.03. The van der Waals surface area contributed by atoms with E-state index in [0.29, 0.717) is 13.2 Å². The number of amides is 1. The molecule has 1 rings (SSSR count). The highest BCUT2D eigenvalue weighted by Crippen LogP contribution is 2.14. The SMILES string of the molecule is C=CC(=O)NCCCCOc1ccc(CCCCC)cc1. The Labute approximate surface area is 128 Å². The maximum absolute atomic E-state index is 10.9. The van der Waals surface area contributed by atoms with Crippen LogP contribution in [-0.2, 0) is 11.2 Å². The number of benzene rings is 1. The van der Waals surface area contributed by atoms with E-state index in [9.17, 15) is 4.79 Å². The van der Waals surface area contributed by atoms with Crippen LogP contribution >= 0.6 is 0 Å². The summed E-state index contributed by atoms with van der Waals surface area (Å²) in [6.45, 7) is 6.98. The molecule has 0 aliphatic rings. The van der Waals surface area contributed by atoms with Crippen LogP contribution in [0.5, 0.6) is 5.75 Å². The van der Waals surface area contributed by atoms with E-state index in [1.165, 1.54) is 30.9 Å². The van der Waals surface area contributed by atoms with Crippen LogP contribution in [0.2, 0.25) is 0 Å². The largest absolute Gasteiger partial charge is 0.494 e. The van der Waals surface area contributed by atoms with Crippen molar-refractivity contribution < 1.29 is 9.53 Å². The smallest absolute Gasteiger partial charge is 0.243 e. The number of aryl methyl sites for hydroxylation is 1. The number of hydrogen-bond acceptors (Lipinski definition) is 2. The van der Waals surface area contributed by atoms with Gasteiger partial charge in [-0.25, -0.2) is 0 Å². The van der Waals surface area contributed by atoms with E-state index < -0.39 is 0 Å². The predicted molar refractivity (Wildman–Crippen MR) is 87.6 cm³/mol.